The van der Waals surface area contributed by atoms with E-state index in [9.17, 15) is 19.5 Å². The lowest BCUT2D eigenvalue weighted by Crippen LogP contribution is -2.56. The van der Waals surface area contributed by atoms with Crippen LogP contribution in [0.15, 0.2) is 18.2 Å². The number of fused-ring (bicyclic) bond motifs is 1. The summed E-state index contributed by atoms with van der Waals surface area (Å²) in [5.74, 6) is 0.170. The molecule has 1 saturated heterocycles. The molecule has 0 atom stereocenters. The monoisotopic (exact) mass is 348 g/mol. The number of hydrogen-bond acceptors (Lipinski definition) is 4. The summed E-state index contributed by atoms with van der Waals surface area (Å²) in [6.07, 6.45) is 1.88. The third-order valence-electron chi connectivity index (χ3n) is 4.79. The molecule has 0 unspecified atom stereocenters. The Morgan fingerprint density at radius 3 is 2.62 bits per heavy atom. The van der Waals surface area contributed by atoms with Gasteiger partial charge in [0.1, 0.15) is 5.54 Å². The fourth-order valence-electron chi connectivity index (χ4n) is 3.20. The van der Waals surface area contributed by atoms with Crippen molar-refractivity contribution in [2.24, 2.45) is 0 Å². The molecule has 24 heavy (non-hydrogen) atoms. The second-order valence-electron chi connectivity index (χ2n) is 6.25. The second kappa shape index (κ2) is 6.47. The molecule has 2 heterocycles. The molecule has 3 rings (SSSR count). The number of carboxylic acids is 1. The zero-order chi connectivity index (χ0) is 17.3. The van der Waals surface area contributed by atoms with E-state index in [0.29, 0.717) is 31.2 Å². The molecule has 0 bridgehead atoms. The number of amides is 2. The Bertz CT molecular complexity index is 698. The number of anilines is 1. The van der Waals surface area contributed by atoms with E-state index in [1.807, 2.05) is 0 Å². The number of thioether (sulfide) groups is 1. The minimum atomic E-state index is -1.18. The molecule has 1 aromatic carbocycles. The third kappa shape index (κ3) is 3.00. The summed E-state index contributed by atoms with van der Waals surface area (Å²) in [5.41, 5.74) is 1.01. The normalized spacial score (nSPS) is 19.5. The van der Waals surface area contributed by atoms with Gasteiger partial charge in [0.2, 0.25) is 5.91 Å². The van der Waals surface area contributed by atoms with Crippen LogP contribution in [-0.2, 0) is 16.0 Å². The topological polar surface area (TPSA) is 86.7 Å². The van der Waals surface area contributed by atoms with Gasteiger partial charge in [0.25, 0.3) is 5.91 Å². The van der Waals surface area contributed by atoms with Crippen LogP contribution in [0.3, 0.4) is 0 Å². The van der Waals surface area contributed by atoms with E-state index in [1.54, 1.807) is 41.9 Å². The number of hydrogen-bond donors (Lipinski definition) is 2. The van der Waals surface area contributed by atoms with Crippen LogP contribution in [0.25, 0.3) is 0 Å². The standard InChI is InChI=1S/C17H20N2O4S/c1-19-13-4-2-12(10-11(13)3-5-14(19)20)15(21)18-17(16(22)23)6-8-24-9-7-17/h2,4,10H,3,5-9H2,1H3,(H,18,21)(H,22,23). The maximum Gasteiger partial charge on any atom is 0.329 e. The lowest BCUT2D eigenvalue weighted by atomic mass is 9.91. The van der Waals surface area contributed by atoms with E-state index in [2.05, 4.69) is 5.32 Å². The van der Waals surface area contributed by atoms with Crippen LogP contribution in [0, 0.1) is 0 Å². The summed E-state index contributed by atoms with van der Waals surface area (Å²) in [6.45, 7) is 0. The molecule has 0 spiro atoms. The summed E-state index contributed by atoms with van der Waals surface area (Å²) in [5, 5.41) is 12.3. The average molecular weight is 348 g/mol. The van der Waals surface area contributed by atoms with E-state index in [1.165, 1.54) is 0 Å². The maximum atomic E-state index is 12.6. The highest BCUT2D eigenvalue weighted by Crippen LogP contribution is 2.30. The van der Waals surface area contributed by atoms with Gasteiger partial charge >= 0.3 is 5.97 Å². The van der Waals surface area contributed by atoms with Gasteiger partial charge in [-0.1, -0.05) is 0 Å². The molecular formula is C17H20N2O4S. The van der Waals surface area contributed by atoms with Crippen LogP contribution in [0.2, 0.25) is 0 Å². The molecule has 2 N–H and O–H groups in total. The predicted octanol–water partition coefficient (Wildman–Crippen LogP) is 1.68. The number of aryl methyl sites for hydroxylation is 1. The molecule has 7 heteroatoms. The summed E-state index contributed by atoms with van der Waals surface area (Å²) in [4.78, 5) is 37.6. The SMILES string of the molecule is CN1C(=O)CCc2cc(C(=O)NC3(C(=O)O)CCSCC3)ccc21. The van der Waals surface area contributed by atoms with Crippen molar-refractivity contribution < 1.29 is 19.5 Å². The van der Waals surface area contributed by atoms with Crippen molar-refractivity contribution in [1.82, 2.24) is 5.32 Å². The minimum absolute atomic E-state index is 0.0595. The van der Waals surface area contributed by atoms with Gasteiger partial charge in [0.15, 0.2) is 0 Å². The van der Waals surface area contributed by atoms with Gasteiger partial charge in [0, 0.05) is 24.7 Å². The Morgan fingerprint density at radius 1 is 1.25 bits per heavy atom. The van der Waals surface area contributed by atoms with Crippen molar-refractivity contribution in [2.75, 3.05) is 23.5 Å². The van der Waals surface area contributed by atoms with Crippen molar-refractivity contribution >= 4 is 35.2 Å². The van der Waals surface area contributed by atoms with Crippen molar-refractivity contribution in [2.45, 2.75) is 31.2 Å². The van der Waals surface area contributed by atoms with Gasteiger partial charge in [-0.3, -0.25) is 9.59 Å². The third-order valence-corrected chi connectivity index (χ3v) is 5.78. The van der Waals surface area contributed by atoms with E-state index in [4.69, 9.17) is 0 Å². The summed E-state index contributed by atoms with van der Waals surface area (Å²) in [7, 11) is 1.72. The van der Waals surface area contributed by atoms with Crippen LogP contribution in [-0.4, -0.2) is 47.0 Å². The number of nitrogens with one attached hydrogen (secondary N) is 1. The average Bonchev–Trinajstić information content (AvgIpc) is 2.58. The van der Waals surface area contributed by atoms with Crippen LogP contribution in [0.4, 0.5) is 5.69 Å². The highest BCUT2D eigenvalue weighted by Gasteiger charge is 2.41. The lowest BCUT2D eigenvalue weighted by Gasteiger charge is -2.34. The van der Waals surface area contributed by atoms with E-state index < -0.39 is 11.5 Å². The molecule has 0 aliphatic carbocycles. The van der Waals surface area contributed by atoms with Crippen molar-refractivity contribution in [1.29, 1.82) is 0 Å². The van der Waals surface area contributed by atoms with Crippen LogP contribution in [0.5, 0.6) is 0 Å². The van der Waals surface area contributed by atoms with Gasteiger partial charge in [-0.2, -0.15) is 11.8 Å². The second-order valence-corrected chi connectivity index (χ2v) is 7.47. The predicted molar refractivity (Wildman–Crippen MR) is 92.6 cm³/mol. The van der Waals surface area contributed by atoms with Gasteiger partial charge in [-0.05, 0) is 54.5 Å². The van der Waals surface area contributed by atoms with Crippen LogP contribution in [0.1, 0.15) is 35.2 Å². The molecule has 128 valence electrons. The smallest absolute Gasteiger partial charge is 0.329 e. The summed E-state index contributed by atoms with van der Waals surface area (Å²) in [6, 6.07) is 5.17. The van der Waals surface area contributed by atoms with Gasteiger partial charge in [0.05, 0.1) is 0 Å². The Labute approximate surface area is 144 Å². The molecule has 2 aliphatic heterocycles. The molecular weight excluding hydrogens is 328 g/mol. The number of aliphatic carboxylic acids is 1. The molecule has 1 fully saturated rings. The maximum absolute atomic E-state index is 12.6. The lowest BCUT2D eigenvalue weighted by molar-refractivity contribution is -0.144. The molecule has 6 nitrogen and oxygen atoms in total. The van der Waals surface area contributed by atoms with Crippen LogP contribution < -0.4 is 10.2 Å². The number of benzene rings is 1. The minimum Gasteiger partial charge on any atom is -0.480 e. The molecule has 0 aromatic heterocycles. The van der Waals surface area contributed by atoms with Crippen molar-refractivity contribution in [3.8, 4) is 0 Å². The highest BCUT2D eigenvalue weighted by atomic mass is 32.2. The Morgan fingerprint density at radius 2 is 1.96 bits per heavy atom. The summed E-state index contributed by atoms with van der Waals surface area (Å²) >= 11 is 1.70. The number of nitrogens with zero attached hydrogens (tertiary/aromatic N) is 1. The number of rotatable bonds is 3. The first-order chi connectivity index (χ1) is 11.4. The molecule has 0 radical (unpaired) electrons. The number of carboxylic acid groups (broad SMARTS) is 1. The molecule has 0 saturated carbocycles. The first-order valence-electron chi connectivity index (χ1n) is 7.96. The first-order valence-corrected chi connectivity index (χ1v) is 9.11. The van der Waals surface area contributed by atoms with E-state index >= 15 is 0 Å². The molecule has 1 aromatic rings. The Balaban J connectivity index is 1.83. The largest absolute Gasteiger partial charge is 0.480 e. The van der Waals surface area contributed by atoms with Gasteiger partial charge < -0.3 is 15.3 Å². The van der Waals surface area contributed by atoms with Gasteiger partial charge in [-0.15, -0.1) is 0 Å². The van der Waals surface area contributed by atoms with E-state index in [0.717, 1.165) is 22.8 Å². The van der Waals surface area contributed by atoms with Crippen LogP contribution >= 0.6 is 11.8 Å². The zero-order valence-electron chi connectivity index (χ0n) is 13.5. The quantitative estimate of drug-likeness (QED) is 0.868. The molecule has 2 aliphatic rings. The number of carbonyl (C=O) groups excluding carboxylic acids is 2. The Kier molecular flexibility index (Phi) is 4.54. The van der Waals surface area contributed by atoms with Gasteiger partial charge in [-0.25, -0.2) is 4.79 Å². The van der Waals surface area contributed by atoms with E-state index in [-0.39, 0.29) is 11.8 Å². The van der Waals surface area contributed by atoms with Crippen molar-refractivity contribution in [3.63, 3.8) is 0 Å². The summed E-state index contributed by atoms with van der Waals surface area (Å²) < 4.78 is 0. The fourth-order valence-corrected chi connectivity index (χ4v) is 4.39. The Hall–Kier alpha value is -2.02. The molecule has 2 amide bonds. The first kappa shape index (κ1) is 16.8. The fraction of sp³-hybridized carbons (Fsp3) is 0.471. The highest BCUT2D eigenvalue weighted by molar-refractivity contribution is 7.99. The zero-order valence-corrected chi connectivity index (χ0v) is 14.3. The van der Waals surface area contributed by atoms with Crippen molar-refractivity contribution in [3.05, 3.63) is 29.3 Å². The number of carbonyl (C=O) groups is 3.